The van der Waals surface area contributed by atoms with Crippen molar-refractivity contribution in [2.75, 3.05) is 20.2 Å². The van der Waals surface area contributed by atoms with Crippen LogP contribution in [0.3, 0.4) is 0 Å². The van der Waals surface area contributed by atoms with E-state index in [4.69, 9.17) is 9.47 Å². The smallest absolute Gasteiger partial charge is 0.390 e. The average molecular weight is 359 g/mol. The van der Waals surface area contributed by atoms with Gasteiger partial charge in [-0.15, -0.1) is 0 Å². The van der Waals surface area contributed by atoms with Crippen molar-refractivity contribution in [3.05, 3.63) is 23.3 Å². The lowest BCUT2D eigenvalue weighted by atomic mass is 10.1. The van der Waals surface area contributed by atoms with Crippen molar-refractivity contribution >= 4 is 5.96 Å². The molecule has 25 heavy (non-hydrogen) atoms. The predicted octanol–water partition coefficient (Wildman–Crippen LogP) is 3.03. The van der Waals surface area contributed by atoms with Gasteiger partial charge in [-0.1, -0.05) is 0 Å². The fourth-order valence-electron chi connectivity index (χ4n) is 2.62. The number of guanidine groups is 1. The minimum Gasteiger partial charge on any atom is -0.496 e. The number of nitrogens with zero attached hydrogens (tertiary/aromatic N) is 1. The Hall–Kier alpha value is -2.12. The first-order valence-electron chi connectivity index (χ1n) is 8.27. The molecule has 0 bridgehead atoms. The fraction of sp³-hybridized carbons (Fsp3) is 0.588. The summed E-state index contributed by atoms with van der Waals surface area (Å²) in [5.74, 6) is 1.85. The Morgan fingerprint density at radius 1 is 1.36 bits per heavy atom. The Bertz CT molecular complexity index is 618. The number of fused-ring (bicyclic) bond motifs is 1. The minimum atomic E-state index is -4.19. The molecule has 1 aromatic carbocycles. The summed E-state index contributed by atoms with van der Waals surface area (Å²) in [7, 11) is 1.58. The van der Waals surface area contributed by atoms with Gasteiger partial charge in [-0.05, 0) is 26.0 Å². The summed E-state index contributed by atoms with van der Waals surface area (Å²) >= 11 is 0. The molecular formula is C17H24F3N3O2. The van der Waals surface area contributed by atoms with Gasteiger partial charge >= 0.3 is 6.18 Å². The number of methoxy groups -OCH3 is 1. The second-order valence-corrected chi connectivity index (χ2v) is 5.89. The summed E-state index contributed by atoms with van der Waals surface area (Å²) in [6.07, 6.45) is -4.15. The molecule has 0 radical (unpaired) electrons. The molecule has 1 aliphatic rings. The SMILES string of the molecule is CCNC(=NCc1cc2c(cc1OC)CC(C)O2)NCCC(F)(F)F. The van der Waals surface area contributed by atoms with E-state index >= 15 is 0 Å². The molecule has 0 aliphatic carbocycles. The van der Waals surface area contributed by atoms with Gasteiger partial charge < -0.3 is 20.1 Å². The average Bonchev–Trinajstić information content (AvgIpc) is 2.89. The Morgan fingerprint density at radius 2 is 2.12 bits per heavy atom. The monoisotopic (exact) mass is 359 g/mol. The van der Waals surface area contributed by atoms with E-state index in [-0.39, 0.29) is 19.2 Å². The number of hydrogen-bond donors (Lipinski definition) is 2. The maximum atomic E-state index is 12.3. The number of nitrogens with one attached hydrogen (secondary N) is 2. The molecule has 0 aromatic heterocycles. The molecule has 0 amide bonds. The number of hydrogen-bond acceptors (Lipinski definition) is 3. The minimum absolute atomic E-state index is 0.125. The highest BCUT2D eigenvalue weighted by molar-refractivity contribution is 5.79. The van der Waals surface area contributed by atoms with E-state index in [1.807, 2.05) is 26.0 Å². The summed E-state index contributed by atoms with van der Waals surface area (Å²) in [4.78, 5) is 4.35. The summed E-state index contributed by atoms with van der Waals surface area (Å²) in [6.45, 7) is 4.46. The molecule has 1 heterocycles. The number of benzene rings is 1. The van der Waals surface area contributed by atoms with Crippen LogP contribution >= 0.6 is 0 Å². The maximum absolute atomic E-state index is 12.3. The summed E-state index contributed by atoms with van der Waals surface area (Å²) in [5, 5.41) is 5.63. The quantitative estimate of drug-likeness (QED) is 0.606. The molecule has 2 rings (SSSR count). The number of rotatable bonds is 6. The fourth-order valence-corrected chi connectivity index (χ4v) is 2.62. The standard InChI is InChI=1S/C17H24F3N3O2/c1-4-21-16(22-6-5-17(18,19)20)23-10-13-9-15-12(7-11(2)25-15)8-14(13)24-3/h8-9,11H,4-7,10H2,1-3H3,(H2,21,22,23). The molecular weight excluding hydrogens is 335 g/mol. The highest BCUT2D eigenvalue weighted by Crippen LogP contribution is 2.35. The van der Waals surface area contributed by atoms with Crippen molar-refractivity contribution in [1.82, 2.24) is 10.6 Å². The van der Waals surface area contributed by atoms with Crippen molar-refractivity contribution in [2.24, 2.45) is 4.99 Å². The third-order valence-corrected chi connectivity index (χ3v) is 3.75. The molecule has 140 valence electrons. The highest BCUT2D eigenvalue weighted by atomic mass is 19.4. The Labute approximate surface area is 145 Å². The van der Waals surface area contributed by atoms with E-state index in [1.165, 1.54) is 0 Å². The van der Waals surface area contributed by atoms with Crippen LogP contribution in [-0.4, -0.2) is 38.4 Å². The Kier molecular flexibility index (Phi) is 6.39. The summed E-state index contributed by atoms with van der Waals surface area (Å²) in [5.41, 5.74) is 1.91. The van der Waals surface area contributed by atoms with Crippen LogP contribution in [0.2, 0.25) is 0 Å². The van der Waals surface area contributed by atoms with E-state index in [0.29, 0.717) is 18.3 Å². The van der Waals surface area contributed by atoms with Crippen molar-refractivity contribution in [2.45, 2.75) is 45.5 Å². The molecule has 1 unspecified atom stereocenters. The van der Waals surface area contributed by atoms with Crippen molar-refractivity contribution in [3.8, 4) is 11.5 Å². The van der Waals surface area contributed by atoms with Crippen molar-refractivity contribution in [1.29, 1.82) is 0 Å². The van der Waals surface area contributed by atoms with E-state index < -0.39 is 12.6 Å². The second-order valence-electron chi connectivity index (χ2n) is 5.89. The highest BCUT2D eigenvalue weighted by Gasteiger charge is 2.26. The normalized spacial score (nSPS) is 17.0. The number of halogens is 3. The number of alkyl halides is 3. The zero-order chi connectivity index (χ0) is 18.4. The molecule has 1 aromatic rings. The summed E-state index contributed by atoms with van der Waals surface area (Å²) in [6, 6.07) is 3.83. The molecule has 0 saturated heterocycles. The van der Waals surface area contributed by atoms with Gasteiger partial charge in [0.05, 0.1) is 20.1 Å². The summed E-state index contributed by atoms with van der Waals surface area (Å²) < 4.78 is 48.0. The third kappa shape index (κ3) is 5.72. The van der Waals surface area contributed by atoms with E-state index in [0.717, 1.165) is 23.3 Å². The predicted molar refractivity (Wildman–Crippen MR) is 90.3 cm³/mol. The number of ether oxygens (including phenoxy) is 2. The molecule has 0 saturated carbocycles. The second kappa shape index (κ2) is 8.31. The number of aliphatic imine (C=N–C) groups is 1. The first kappa shape index (κ1) is 19.2. The zero-order valence-electron chi connectivity index (χ0n) is 14.7. The van der Waals surface area contributed by atoms with Crippen LogP contribution in [0.5, 0.6) is 11.5 Å². The van der Waals surface area contributed by atoms with Gasteiger partial charge in [0, 0.05) is 30.6 Å². The topological polar surface area (TPSA) is 54.9 Å². The van der Waals surface area contributed by atoms with Crippen LogP contribution in [0.1, 0.15) is 31.4 Å². The first-order chi connectivity index (χ1) is 11.8. The molecule has 0 fully saturated rings. The van der Waals surface area contributed by atoms with Crippen molar-refractivity contribution in [3.63, 3.8) is 0 Å². The molecule has 0 spiro atoms. The third-order valence-electron chi connectivity index (χ3n) is 3.75. The van der Waals surface area contributed by atoms with Crippen molar-refractivity contribution < 1.29 is 22.6 Å². The van der Waals surface area contributed by atoms with Crippen LogP contribution in [0.15, 0.2) is 17.1 Å². The van der Waals surface area contributed by atoms with E-state index in [1.54, 1.807) is 7.11 Å². The van der Waals surface area contributed by atoms with Gasteiger partial charge in [0.2, 0.25) is 0 Å². The Morgan fingerprint density at radius 3 is 2.76 bits per heavy atom. The van der Waals surface area contributed by atoms with Crippen LogP contribution < -0.4 is 20.1 Å². The Balaban J connectivity index is 2.07. The lowest BCUT2D eigenvalue weighted by Crippen LogP contribution is -2.38. The first-order valence-corrected chi connectivity index (χ1v) is 8.27. The molecule has 2 N–H and O–H groups in total. The molecule has 5 nitrogen and oxygen atoms in total. The maximum Gasteiger partial charge on any atom is 0.390 e. The van der Waals surface area contributed by atoms with Crippen LogP contribution in [0.25, 0.3) is 0 Å². The molecule has 1 atom stereocenters. The van der Waals surface area contributed by atoms with Gasteiger partial charge in [-0.2, -0.15) is 13.2 Å². The molecule has 8 heteroatoms. The van der Waals surface area contributed by atoms with Gasteiger partial charge in [-0.3, -0.25) is 0 Å². The largest absolute Gasteiger partial charge is 0.496 e. The zero-order valence-corrected chi connectivity index (χ0v) is 14.7. The van der Waals surface area contributed by atoms with Crippen LogP contribution in [0, 0.1) is 0 Å². The van der Waals surface area contributed by atoms with E-state index in [2.05, 4.69) is 15.6 Å². The van der Waals surface area contributed by atoms with Gasteiger partial charge in [-0.25, -0.2) is 4.99 Å². The lowest BCUT2D eigenvalue weighted by molar-refractivity contribution is -0.132. The van der Waals surface area contributed by atoms with Crippen LogP contribution in [0.4, 0.5) is 13.2 Å². The van der Waals surface area contributed by atoms with Gasteiger partial charge in [0.15, 0.2) is 5.96 Å². The lowest BCUT2D eigenvalue weighted by Gasteiger charge is -2.13. The van der Waals surface area contributed by atoms with E-state index in [9.17, 15) is 13.2 Å². The molecule has 1 aliphatic heterocycles. The van der Waals surface area contributed by atoms with Gasteiger partial charge in [0.1, 0.15) is 17.6 Å². The van der Waals surface area contributed by atoms with Crippen LogP contribution in [-0.2, 0) is 13.0 Å². The van der Waals surface area contributed by atoms with Gasteiger partial charge in [0.25, 0.3) is 0 Å².